The third-order valence-electron chi connectivity index (χ3n) is 3.71. The van der Waals surface area contributed by atoms with Gasteiger partial charge in [0.2, 0.25) is 0 Å². The number of ether oxygens (including phenoxy) is 1. The maximum absolute atomic E-state index is 12.2. The Kier molecular flexibility index (Phi) is 6.13. The number of hydrogen-bond donors (Lipinski definition) is 1. The van der Waals surface area contributed by atoms with Gasteiger partial charge in [-0.25, -0.2) is 0 Å². The minimum Gasteiger partial charge on any atom is -0.479 e. The highest BCUT2D eigenvalue weighted by atomic mass is 32.2. The number of hydrogen-bond acceptors (Lipinski definition) is 4. The van der Waals surface area contributed by atoms with E-state index in [0.29, 0.717) is 11.3 Å². The number of fused-ring (bicyclic) bond motifs is 1. The van der Waals surface area contributed by atoms with Gasteiger partial charge in [-0.05, 0) is 30.5 Å². The Labute approximate surface area is 157 Å². The van der Waals surface area contributed by atoms with Crippen molar-refractivity contribution < 1.29 is 9.53 Å². The number of nitrogens with one attached hydrogen (secondary N) is 1. The van der Waals surface area contributed by atoms with Crippen LogP contribution in [-0.2, 0) is 0 Å². The number of carbonyl (C=O) groups excluding carboxylic acids is 1. The summed E-state index contributed by atoms with van der Waals surface area (Å²) in [7, 11) is 0. The summed E-state index contributed by atoms with van der Waals surface area (Å²) in [6.45, 7) is 0.519. The zero-order valence-electron chi connectivity index (χ0n) is 14.4. The number of nitrogens with zero attached hydrogens (tertiary/aromatic N) is 1. The number of para-hydroxylation sites is 1. The molecule has 0 radical (unpaired) electrons. The third kappa shape index (κ3) is 4.35. The minimum absolute atomic E-state index is 0.122. The molecule has 4 nitrogen and oxygen atoms in total. The van der Waals surface area contributed by atoms with Crippen LogP contribution in [0.15, 0.2) is 65.7 Å². The average molecular weight is 362 g/mol. The van der Waals surface area contributed by atoms with Crippen molar-refractivity contribution in [1.82, 2.24) is 10.3 Å². The van der Waals surface area contributed by atoms with Crippen LogP contribution in [0.2, 0.25) is 0 Å². The summed E-state index contributed by atoms with van der Waals surface area (Å²) < 4.78 is 5.70. The molecule has 0 bridgehead atoms. The normalized spacial score (nSPS) is 10.0. The fourth-order valence-corrected chi connectivity index (χ4v) is 3.07. The van der Waals surface area contributed by atoms with E-state index in [1.54, 1.807) is 18.0 Å². The molecular formula is C21H18N2O2S. The number of amides is 1. The maximum atomic E-state index is 12.2. The van der Waals surface area contributed by atoms with E-state index in [-0.39, 0.29) is 19.1 Å². The van der Waals surface area contributed by atoms with E-state index >= 15 is 0 Å². The molecule has 0 unspecified atom stereocenters. The van der Waals surface area contributed by atoms with Crippen LogP contribution in [-0.4, -0.2) is 30.3 Å². The second-order valence-electron chi connectivity index (χ2n) is 5.36. The van der Waals surface area contributed by atoms with Gasteiger partial charge in [0.25, 0.3) is 5.91 Å². The van der Waals surface area contributed by atoms with Gasteiger partial charge in [0, 0.05) is 16.5 Å². The summed E-state index contributed by atoms with van der Waals surface area (Å²) in [4.78, 5) is 17.5. The van der Waals surface area contributed by atoms with Gasteiger partial charge in [-0.3, -0.25) is 9.78 Å². The Morgan fingerprint density at radius 2 is 1.96 bits per heavy atom. The molecule has 5 heteroatoms. The molecule has 0 aliphatic rings. The molecule has 1 amide bonds. The van der Waals surface area contributed by atoms with E-state index in [9.17, 15) is 4.79 Å². The highest BCUT2D eigenvalue weighted by Gasteiger charge is 2.08. The van der Waals surface area contributed by atoms with Gasteiger partial charge < -0.3 is 10.1 Å². The molecule has 0 saturated carbocycles. The Hall–Kier alpha value is -2.97. The molecule has 26 heavy (non-hydrogen) atoms. The van der Waals surface area contributed by atoms with Crippen molar-refractivity contribution >= 4 is 28.6 Å². The molecule has 0 aliphatic carbocycles. The zero-order chi connectivity index (χ0) is 18.2. The van der Waals surface area contributed by atoms with Crippen molar-refractivity contribution in [3.8, 4) is 17.6 Å². The quantitative estimate of drug-likeness (QED) is 0.554. The molecule has 1 aromatic heterocycles. The summed E-state index contributed by atoms with van der Waals surface area (Å²) in [5, 5.41) is 3.83. The van der Waals surface area contributed by atoms with Crippen molar-refractivity contribution in [1.29, 1.82) is 0 Å². The fourth-order valence-electron chi connectivity index (χ4n) is 2.47. The lowest BCUT2D eigenvalue weighted by atomic mass is 10.2. The summed E-state index contributed by atoms with van der Waals surface area (Å²) >= 11 is 1.55. The van der Waals surface area contributed by atoms with Crippen molar-refractivity contribution in [3.05, 3.63) is 66.4 Å². The van der Waals surface area contributed by atoms with Gasteiger partial charge in [0.15, 0.2) is 0 Å². The third-order valence-corrected chi connectivity index (χ3v) is 4.51. The van der Waals surface area contributed by atoms with Crippen LogP contribution in [0.4, 0.5) is 0 Å². The molecule has 0 atom stereocenters. The average Bonchev–Trinajstić information content (AvgIpc) is 2.70. The first kappa shape index (κ1) is 17.8. The Balaban J connectivity index is 1.52. The van der Waals surface area contributed by atoms with E-state index in [1.807, 2.05) is 60.9 Å². The lowest BCUT2D eigenvalue weighted by molar-refractivity contribution is 0.0956. The van der Waals surface area contributed by atoms with Crippen molar-refractivity contribution in [3.63, 3.8) is 0 Å². The number of carbonyl (C=O) groups is 1. The molecule has 2 aromatic carbocycles. The topological polar surface area (TPSA) is 51.2 Å². The lowest BCUT2D eigenvalue weighted by Gasteiger charge is -2.06. The number of pyridine rings is 1. The van der Waals surface area contributed by atoms with Gasteiger partial charge in [0.1, 0.15) is 17.9 Å². The molecule has 0 spiro atoms. The molecular weight excluding hydrogens is 344 g/mol. The van der Waals surface area contributed by atoms with Gasteiger partial charge in [-0.15, -0.1) is 11.8 Å². The van der Waals surface area contributed by atoms with Gasteiger partial charge in [0.05, 0.1) is 12.1 Å². The van der Waals surface area contributed by atoms with Gasteiger partial charge in [-0.2, -0.15) is 0 Å². The van der Waals surface area contributed by atoms with Crippen molar-refractivity contribution in [2.24, 2.45) is 0 Å². The fraction of sp³-hybridized carbons (Fsp3) is 0.143. The van der Waals surface area contributed by atoms with Crippen LogP contribution in [0.25, 0.3) is 10.9 Å². The van der Waals surface area contributed by atoms with E-state index < -0.39 is 0 Å². The largest absolute Gasteiger partial charge is 0.479 e. The predicted octanol–water partition coefficient (Wildman–Crippen LogP) is 3.77. The van der Waals surface area contributed by atoms with E-state index in [1.165, 1.54) is 0 Å². The first-order chi connectivity index (χ1) is 12.8. The van der Waals surface area contributed by atoms with E-state index in [2.05, 4.69) is 22.1 Å². The SMILES string of the molecule is CSc1ccccc1C(=O)NCC#CCOc1cccc2cccnc12. The van der Waals surface area contributed by atoms with E-state index in [4.69, 9.17) is 4.74 Å². The van der Waals surface area contributed by atoms with Gasteiger partial charge >= 0.3 is 0 Å². The Bertz CT molecular complexity index is 971. The number of benzene rings is 2. The Morgan fingerprint density at radius 1 is 1.12 bits per heavy atom. The molecule has 1 heterocycles. The molecule has 0 aliphatic heterocycles. The second-order valence-corrected chi connectivity index (χ2v) is 6.20. The maximum Gasteiger partial charge on any atom is 0.253 e. The van der Waals surface area contributed by atoms with Gasteiger partial charge in [-0.1, -0.05) is 42.2 Å². The summed E-state index contributed by atoms with van der Waals surface area (Å²) in [6.07, 6.45) is 3.69. The lowest BCUT2D eigenvalue weighted by Crippen LogP contribution is -2.24. The van der Waals surface area contributed by atoms with Crippen LogP contribution in [0.5, 0.6) is 5.75 Å². The van der Waals surface area contributed by atoms with Crippen LogP contribution in [0.3, 0.4) is 0 Å². The van der Waals surface area contributed by atoms with Crippen LogP contribution >= 0.6 is 11.8 Å². The smallest absolute Gasteiger partial charge is 0.253 e. The van der Waals surface area contributed by atoms with Crippen molar-refractivity contribution in [2.45, 2.75) is 4.90 Å². The highest BCUT2D eigenvalue weighted by molar-refractivity contribution is 7.98. The van der Waals surface area contributed by atoms with E-state index in [0.717, 1.165) is 15.8 Å². The number of aromatic nitrogens is 1. The predicted molar refractivity (Wildman–Crippen MR) is 106 cm³/mol. The molecule has 3 aromatic rings. The first-order valence-corrected chi connectivity index (χ1v) is 9.35. The second kappa shape index (κ2) is 8.93. The number of rotatable bonds is 5. The summed E-state index contributed by atoms with van der Waals surface area (Å²) in [6, 6.07) is 17.2. The summed E-state index contributed by atoms with van der Waals surface area (Å²) in [5.74, 6) is 6.40. The molecule has 3 rings (SSSR count). The standard InChI is InChI=1S/C21H18N2O2S/c1-26-19-12-3-2-10-17(19)21(24)23-13-4-5-15-25-18-11-6-8-16-9-7-14-22-20(16)18/h2-3,6-12,14H,13,15H2,1H3,(H,23,24). The molecule has 1 N–H and O–H groups in total. The van der Waals surface area contributed by atoms with Crippen LogP contribution in [0, 0.1) is 11.8 Å². The van der Waals surface area contributed by atoms with Crippen LogP contribution < -0.4 is 10.1 Å². The monoisotopic (exact) mass is 362 g/mol. The minimum atomic E-state index is -0.122. The molecule has 0 fully saturated rings. The van der Waals surface area contributed by atoms with Crippen molar-refractivity contribution in [2.75, 3.05) is 19.4 Å². The number of thioether (sulfide) groups is 1. The molecule has 0 saturated heterocycles. The summed E-state index contributed by atoms with van der Waals surface area (Å²) in [5.41, 5.74) is 1.48. The molecule has 130 valence electrons. The Morgan fingerprint density at radius 3 is 2.85 bits per heavy atom. The van der Waals surface area contributed by atoms with Crippen LogP contribution in [0.1, 0.15) is 10.4 Å². The first-order valence-electron chi connectivity index (χ1n) is 8.13. The highest BCUT2D eigenvalue weighted by Crippen LogP contribution is 2.22. The zero-order valence-corrected chi connectivity index (χ0v) is 15.2.